The summed E-state index contributed by atoms with van der Waals surface area (Å²) < 4.78 is 0. The molecule has 2 aromatic rings. The van der Waals surface area contributed by atoms with Crippen molar-refractivity contribution in [3.63, 3.8) is 0 Å². The zero-order valence-electron chi connectivity index (χ0n) is 10.3. The first-order chi connectivity index (χ1) is 8.97. The maximum Gasteiger partial charge on any atom is 0.335 e. The number of carboxylic acids is 1. The first kappa shape index (κ1) is 13.2. The number of halogens is 1. The zero-order chi connectivity index (χ0) is 14.0. The lowest BCUT2D eigenvalue weighted by Crippen LogP contribution is -2.01. The van der Waals surface area contributed by atoms with Crippen LogP contribution in [0.25, 0.3) is 0 Å². The van der Waals surface area contributed by atoms with Crippen LogP contribution in [0.4, 0.5) is 17.1 Å². The lowest BCUT2D eigenvalue weighted by atomic mass is 10.1. The maximum absolute atomic E-state index is 10.9. The van der Waals surface area contributed by atoms with Gasteiger partial charge in [0.1, 0.15) is 0 Å². The van der Waals surface area contributed by atoms with Gasteiger partial charge in [0.15, 0.2) is 0 Å². The van der Waals surface area contributed by atoms with Crippen LogP contribution in [-0.2, 0) is 0 Å². The van der Waals surface area contributed by atoms with E-state index in [1.54, 1.807) is 6.07 Å². The van der Waals surface area contributed by atoms with Crippen molar-refractivity contribution >= 4 is 34.6 Å². The molecule has 0 aromatic heterocycles. The van der Waals surface area contributed by atoms with E-state index in [1.165, 1.54) is 12.1 Å². The molecule has 2 aromatic carbocycles. The van der Waals surface area contributed by atoms with E-state index < -0.39 is 5.97 Å². The van der Waals surface area contributed by atoms with Crippen LogP contribution in [0.1, 0.15) is 15.9 Å². The summed E-state index contributed by atoms with van der Waals surface area (Å²) in [6, 6.07) is 10.0. The summed E-state index contributed by atoms with van der Waals surface area (Å²) in [7, 11) is 0. The Kier molecular flexibility index (Phi) is 3.62. The third-order valence-electron chi connectivity index (χ3n) is 2.69. The second-order valence-corrected chi connectivity index (χ2v) is 4.62. The van der Waals surface area contributed by atoms with E-state index >= 15 is 0 Å². The maximum atomic E-state index is 10.9. The molecule has 0 aliphatic heterocycles. The number of rotatable bonds is 3. The van der Waals surface area contributed by atoms with Crippen molar-refractivity contribution < 1.29 is 9.90 Å². The van der Waals surface area contributed by atoms with Crippen molar-refractivity contribution in [2.45, 2.75) is 6.92 Å². The van der Waals surface area contributed by atoms with E-state index in [9.17, 15) is 4.79 Å². The monoisotopic (exact) mass is 276 g/mol. The molecule has 5 heteroatoms. The number of anilines is 3. The molecule has 0 saturated heterocycles. The molecule has 0 unspecified atom stereocenters. The minimum absolute atomic E-state index is 0.167. The summed E-state index contributed by atoms with van der Waals surface area (Å²) in [5.41, 5.74) is 8.69. The minimum Gasteiger partial charge on any atom is -0.478 e. The molecule has 19 heavy (non-hydrogen) atoms. The molecular formula is C14H13ClN2O2. The second-order valence-electron chi connectivity index (χ2n) is 4.22. The van der Waals surface area contributed by atoms with E-state index in [1.807, 2.05) is 25.1 Å². The quantitative estimate of drug-likeness (QED) is 0.748. The molecule has 4 N–H and O–H groups in total. The van der Waals surface area contributed by atoms with E-state index in [2.05, 4.69) is 5.32 Å². The largest absolute Gasteiger partial charge is 0.478 e. The molecule has 0 heterocycles. The van der Waals surface area contributed by atoms with Crippen molar-refractivity contribution in [1.82, 2.24) is 0 Å². The predicted octanol–water partition coefficient (Wildman–Crippen LogP) is 3.67. The van der Waals surface area contributed by atoms with Crippen LogP contribution in [0.2, 0.25) is 5.02 Å². The average Bonchev–Trinajstić information content (AvgIpc) is 2.34. The van der Waals surface area contributed by atoms with Gasteiger partial charge in [0.05, 0.1) is 27.6 Å². The Morgan fingerprint density at radius 1 is 1.21 bits per heavy atom. The van der Waals surface area contributed by atoms with Gasteiger partial charge in [-0.05, 0) is 42.8 Å². The van der Waals surface area contributed by atoms with E-state index in [4.69, 9.17) is 22.4 Å². The number of hydrogen-bond acceptors (Lipinski definition) is 3. The molecule has 0 amide bonds. The van der Waals surface area contributed by atoms with Crippen LogP contribution in [0, 0.1) is 6.92 Å². The van der Waals surface area contributed by atoms with Crippen molar-refractivity contribution in [1.29, 1.82) is 0 Å². The molecule has 4 nitrogen and oxygen atoms in total. The van der Waals surface area contributed by atoms with Gasteiger partial charge in [-0.15, -0.1) is 0 Å². The molecule has 0 fully saturated rings. The van der Waals surface area contributed by atoms with E-state index in [0.29, 0.717) is 22.1 Å². The molecule has 0 aliphatic carbocycles. The average molecular weight is 277 g/mol. The van der Waals surface area contributed by atoms with Crippen LogP contribution in [-0.4, -0.2) is 11.1 Å². The molecule has 0 atom stereocenters. The van der Waals surface area contributed by atoms with Crippen LogP contribution >= 0.6 is 11.6 Å². The van der Waals surface area contributed by atoms with Crippen molar-refractivity contribution in [2.75, 3.05) is 11.1 Å². The SMILES string of the molecule is Cc1ccc(Nc2cc(C(=O)O)ccc2N)c(Cl)c1. The van der Waals surface area contributed by atoms with Gasteiger partial charge in [-0.1, -0.05) is 17.7 Å². The van der Waals surface area contributed by atoms with Gasteiger partial charge in [0.2, 0.25) is 0 Å². The number of benzene rings is 2. The Bertz CT molecular complexity index is 641. The van der Waals surface area contributed by atoms with Crippen LogP contribution in [0.5, 0.6) is 0 Å². The van der Waals surface area contributed by atoms with E-state index in [0.717, 1.165) is 5.56 Å². The van der Waals surface area contributed by atoms with Crippen LogP contribution < -0.4 is 11.1 Å². The third-order valence-corrected chi connectivity index (χ3v) is 3.01. The highest BCUT2D eigenvalue weighted by atomic mass is 35.5. The van der Waals surface area contributed by atoms with Gasteiger partial charge in [0, 0.05) is 0 Å². The topological polar surface area (TPSA) is 75.3 Å². The Labute approximate surface area is 115 Å². The predicted molar refractivity (Wildman–Crippen MR) is 77.3 cm³/mol. The summed E-state index contributed by atoms with van der Waals surface area (Å²) in [5.74, 6) is -1.00. The van der Waals surface area contributed by atoms with Gasteiger partial charge in [-0.3, -0.25) is 0 Å². The minimum atomic E-state index is -1.00. The first-order valence-electron chi connectivity index (χ1n) is 5.63. The summed E-state index contributed by atoms with van der Waals surface area (Å²) in [6.07, 6.45) is 0. The number of hydrogen-bond donors (Lipinski definition) is 3. The van der Waals surface area contributed by atoms with E-state index in [-0.39, 0.29) is 5.56 Å². The fourth-order valence-corrected chi connectivity index (χ4v) is 1.95. The van der Waals surface area contributed by atoms with Crippen molar-refractivity contribution in [3.05, 3.63) is 52.5 Å². The molecule has 98 valence electrons. The molecule has 0 radical (unpaired) electrons. The highest BCUT2D eigenvalue weighted by Crippen LogP contribution is 2.29. The van der Waals surface area contributed by atoms with Crippen molar-refractivity contribution in [2.24, 2.45) is 0 Å². The number of nitrogens with two attached hydrogens (primary N) is 1. The summed E-state index contributed by atoms with van der Waals surface area (Å²) >= 11 is 6.11. The Morgan fingerprint density at radius 3 is 2.58 bits per heavy atom. The molecule has 0 spiro atoms. The highest BCUT2D eigenvalue weighted by molar-refractivity contribution is 6.33. The van der Waals surface area contributed by atoms with Crippen molar-refractivity contribution in [3.8, 4) is 0 Å². The van der Waals surface area contributed by atoms with Gasteiger partial charge >= 0.3 is 5.97 Å². The number of aromatic carboxylic acids is 1. The fourth-order valence-electron chi connectivity index (χ4n) is 1.66. The number of nitrogens with one attached hydrogen (secondary N) is 1. The van der Waals surface area contributed by atoms with Gasteiger partial charge in [-0.2, -0.15) is 0 Å². The number of nitrogen functional groups attached to an aromatic ring is 1. The second kappa shape index (κ2) is 5.20. The normalized spacial score (nSPS) is 10.2. The number of carboxylic acid groups (broad SMARTS) is 1. The first-order valence-corrected chi connectivity index (χ1v) is 6.01. The highest BCUT2D eigenvalue weighted by Gasteiger charge is 2.08. The molecule has 0 bridgehead atoms. The molecule has 0 aliphatic rings. The van der Waals surface area contributed by atoms with Crippen LogP contribution in [0.15, 0.2) is 36.4 Å². The number of carbonyl (C=O) groups is 1. The Hall–Kier alpha value is -2.20. The standard InChI is InChI=1S/C14H13ClN2O2/c1-8-2-5-12(10(15)6-8)17-13-7-9(14(18)19)3-4-11(13)16/h2-7,17H,16H2,1H3,(H,18,19). The summed E-state index contributed by atoms with van der Waals surface area (Å²) in [6.45, 7) is 1.94. The fraction of sp³-hybridized carbons (Fsp3) is 0.0714. The molecule has 0 saturated carbocycles. The van der Waals surface area contributed by atoms with Gasteiger partial charge < -0.3 is 16.2 Å². The summed E-state index contributed by atoms with van der Waals surface area (Å²) in [4.78, 5) is 10.9. The van der Waals surface area contributed by atoms with Gasteiger partial charge in [0.25, 0.3) is 0 Å². The Morgan fingerprint density at radius 2 is 1.95 bits per heavy atom. The molecule has 2 rings (SSSR count). The Balaban J connectivity index is 2.37. The summed E-state index contributed by atoms with van der Waals surface area (Å²) in [5, 5.41) is 12.6. The lowest BCUT2D eigenvalue weighted by molar-refractivity contribution is 0.0697. The van der Waals surface area contributed by atoms with Gasteiger partial charge in [-0.25, -0.2) is 4.79 Å². The lowest BCUT2D eigenvalue weighted by Gasteiger charge is -2.12. The zero-order valence-corrected chi connectivity index (χ0v) is 11.0. The third kappa shape index (κ3) is 2.98. The smallest absolute Gasteiger partial charge is 0.335 e. The van der Waals surface area contributed by atoms with Crippen LogP contribution in [0.3, 0.4) is 0 Å². The number of aryl methyl sites for hydroxylation is 1. The molecular weight excluding hydrogens is 264 g/mol.